The number of thiazole rings is 1. The van der Waals surface area contributed by atoms with Gasteiger partial charge < -0.3 is 20.0 Å². The number of rotatable bonds is 15. The van der Waals surface area contributed by atoms with Crippen LogP contribution in [0.1, 0.15) is 52.5 Å². The van der Waals surface area contributed by atoms with Crippen molar-refractivity contribution in [3.05, 3.63) is 59.6 Å². The molecule has 2 aromatic carbocycles. The van der Waals surface area contributed by atoms with Gasteiger partial charge in [0, 0.05) is 19.5 Å². The highest BCUT2D eigenvalue weighted by Crippen LogP contribution is 2.25. The average Bonchev–Trinajstić information content (AvgIpc) is 3.39. The Morgan fingerprint density at radius 1 is 1.12 bits per heavy atom. The second kappa shape index (κ2) is 14.7. The van der Waals surface area contributed by atoms with Crippen LogP contribution in [0.5, 0.6) is 0 Å². The maximum absolute atomic E-state index is 13.8. The lowest BCUT2D eigenvalue weighted by atomic mass is 10.0. The first-order valence-corrected chi connectivity index (χ1v) is 15.8. The molecular formula is C29H39N3O6S2. The fourth-order valence-corrected chi connectivity index (χ4v) is 6.61. The molecule has 40 heavy (non-hydrogen) atoms. The molecule has 0 spiro atoms. The number of Topliss-reactive ketones (excluding diaryl/α,β-unsaturated/α-hetero) is 1. The number of sulfonamides is 1. The van der Waals surface area contributed by atoms with E-state index in [9.17, 15) is 23.1 Å². The predicted octanol–water partition coefficient (Wildman–Crippen LogP) is 4.79. The second-order valence-electron chi connectivity index (χ2n) is 10.3. The zero-order valence-corrected chi connectivity index (χ0v) is 25.1. The van der Waals surface area contributed by atoms with Gasteiger partial charge in [-0.3, -0.25) is 0 Å². The Labute approximate surface area is 240 Å². The molecule has 2 N–H and O–H groups in total. The third kappa shape index (κ3) is 9.09. The minimum Gasteiger partial charge on any atom is -0.447 e. The number of carbonyl (C=O) groups is 2. The number of benzene rings is 2. The quantitative estimate of drug-likeness (QED) is 0.261. The molecule has 0 aliphatic rings. The Hall–Kier alpha value is -2.86. The number of hydrogen-bond acceptors (Lipinski definition) is 8. The van der Waals surface area contributed by atoms with Gasteiger partial charge in [-0.05, 0) is 56.4 Å². The summed E-state index contributed by atoms with van der Waals surface area (Å²) in [4.78, 5) is 28.4. The molecule has 1 heterocycles. The molecule has 0 aliphatic heterocycles. The molecule has 0 radical (unpaired) electrons. The van der Waals surface area contributed by atoms with Crippen LogP contribution in [0.4, 0.5) is 4.79 Å². The Bertz CT molecular complexity index is 1360. The molecule has 0 bridgehead atoms. The zero-order valence-electron chi connectivity index (χ0n) is 23.4. The highest BCUT2D eigenvalue weighted by atomic mass is 32.2. The maximum atomic E-state index is 13.8. The van der Waals surface area contributed by atoms with Gasteiger partial charge in [0.15, 0.2) is 0 Å². The third-order valence-corrected chi connectivity index (χ3v) is 9.44. The Morgan fingerprint density at radius 3 is 2.52 bits per heavy atom. The molecular weight excluding hydrogens is 550 g/mol. The number of aliphatic hydroxyl groups excluding tert-OH is 1. The summed E-state index contributed by atoms with van der Waals surface area (Å²) < 4.78 is 35.1. The highest BCUT2D eigenvalue weighted by molar-refractivity contribution is 7.89. The normalized spacial score (nSPS) is 14.9. The summed E-state index contributed by atoms with van der Waals surface area (Å²) in [5.41, 5.74) is 3.26. The van der Waals surface area contributed by atoms with Crippen molar-refractivity contribution >= 4 is 43.5 Å². The Kier molecular flexibility index (Phi) is 11.6. The van der Waals surface area contributed by atoms with E-state index in [0.717, 1.165) is 22.2 Å². The Balaban J connectivity index is 1.84. The molecule has 0 saturated heterocycles. The van der Waals surface area contributed by atoms with Gasteiger partial charge in [0.2, 0.25) is 10.0 Å². The predicted molar refractivity (Wildman–Crippen MR) is 157 cm³/mol. The molecule has 0 aliphatic carbocycles. The number of aromatic nitrogens is 1. The number of amides is 1. The summed E-state index contributed by atoms with van der Waals surface area (Å²) in [7, 11) is -3.96. The number of fused-ring (bicyclic) bond motifs is 1. The summed E-state index contributed by atoms with van der Waals surface area (Å²) in [6.45, 7) is 7.12. The fourth-order valence-electron chi connectivity index (χ4n) is 4.21. The molecule has 9 nitrogen and oxygen atoms in total. The number of carbonyl (C=O) groups excluding carboxylic acids is 2. The largest absolute Gasteiger partial charge is 0.447 e. The number of ether oxygens (including phenoxy) is 1. The minimum atomic E-state index is -3.96. The number of hydrogen-bond donors (Lipinski definition) is 2. The Morgan fingerprint density at radius 2 is 1.85 bits per heavy atom. The standard InChI is InChI=1S/C29H39N3O6S2/c1-5-20(2)17-32(40(36,37)24-13-14-25-28(16-24)39-19-30-25)18-27(34)26(15-23-9-7-6-8-10-23)31-29(35)38-22(4)12-11-21(3)33/h6-10,13-14,16,19-20,22,26-27,34H,5,11-12,15,17-18H2,1-4H3,(H,31,35)/t20-,22-,26?,27-/m1/s1. The molecule has 3 rings (SSSR count). The van der Waals surface area contributed by atoms with E-state index in [0.29, 0.717) is 12.8 Å². The van der Waals surface area contributed by atoms with Crippen LogP contribution < -0.4 is 5.32 Å². The molecule has 11 heteroatoms. The first-order chi connectivity index (χ1) is 19.0. The SMILES string of the molecule is CC[C@@H](C)CN(C[C@@H](O)C(Cc1ccccc1)NC(=O)O[C@H](C)CCC(C)=O)S(=O)(=O)c1ccc2ncsc2c1. The van der Waals surface area contributed by atoms with Crippen LogP contribution in [0.3, 0.4) is 0 Å². The van der Waals surface area contributed by atoms with Gasteiger partial charge in [-0.15, -0.1) is 11.3 Å². The molecule has 0 saturated carbocycles. The van der Waals surface area contributed by atoms with Gasteiger partial charge in [-0.1, -0.05) is 50.6 Å². The molecule has 1 unspecified atom stereocenters. The smallest absolute Gasteiger partial charge is 0.407 e. The van der Waals surface area contributed by atoms with E-state index < -0.39 is 34.4 Å². The van der Waals surface area contributed by atoms with Crippen LogP contribution in [-0.2, 0) is 26.0 Å². The van der Waals surface area contributed by atoms with Crippen molar-refractivity contribution in [2.75, 3.05) is 13.1 Å². The summed E-state index contributed by atoms with van der Waals surface area (Å²) in [6, 6.07) is 13.3. The van der Waals surface area contributed by atoms with Crippen molar-refractivity contribution in [3.8, 4) is 0 Å². The molecule has 1 aromatic heterocycles. The van der Waals surface area contributed by atoms with E-state index >= 15 is 0 Å². The summed E-state index contributed by atoms with van der Waals surface area (Å²) >= 11 is 1.36. The van der Waals surface area contributed by atoms with Gasteiger partial charge in [0.1, 0.15) is 11.9 Å². The van der Waals surface area contributed by atoms with Gasteiger partial charge in [0.05, 0.1) is 32.8 Å². The molecule has 3 aromatic rings. The van der Waals surface area contributed by atoms with Gasteiger partial charge in [-0.2, -0.15) is 4.31 Å². The van der Waals surface area contributed by atoms with Crippen molar-refractivity contribution < 1.29 is 27.9 Å². The lowest BCUT2D eigenvalue weighted by Gasteiger charge is -2.31. The lowest BCUT2D eigenvalue weighted by molar-refractivity contribution is -0.117. The van der Waals surface area contributed by atoms with Gasteiger partial charge >= 0.3 is 6.09 Å². The third-order valence-electron chi connectivity index (χ3n) is 6.82. The van der Waals surface area contributed by atoms with Gasteiger partial charge in [0.25, 0.3) is 0 Å². The first kappa shape index (κ1) is 31.7. The fraction of sp³-hybridized carbons (Fsp3) is 0.483. The lowest BCUT2D eigenvalue weighted by Crippen LogP contribution is -2.51. The second-order valence-corrected chi connectivity index (χ2v) is 13.1. The maximum Gasteiger partial charge on any atom is 0.407 e. The minimum absolute atomic E-state index is 0.00494. The van der Waals surface area contributed by atoms with Crippen molar-refractivity contribution in [3.63, 3.8) is 0 Å². The molecule has 218 valence electrons. The van der Waals surface area contributed by atoms with Crippen LogP contribution in [0.15, 0.2) is 58.9 Å². The number of alkyl carbamates (subject to hydrolysis) is 1. The van der Waals surface area contributed by atoms with E-state index in [4.69, 9.17) is 4.74 Å². The van der Waals surface area contributed by atoms with Crippen LogP contribution in [0.25, 0.3) is 10.2 Å². The van der Waals surface area contributed by atoms with E-state index in [-0.39, 0.29) is 36.1 Å². The van der Waals surface area contributed by atoms with E-state index in [1.54, 1.807) is 24.6 Å². The van der Waals surface area contributed by atoms with Crippen molar-refractivity contribution in [2.24, 2.45) is 5.92 Å². The van der Waals surface area contributed by atoms with Crippen molar-refractivity contribution in [1.82, 2.24) is 14.6 Å². The zero-order chi connectivity index (χ0) is 29.3. The summed E-state index contributed by atoms with van der Waals surface area (Å²) in [6.07, 6.45) is -0.758. The number of nitrogens with zero attached hydrogens (tertiary/aromatic N) is 2. The van der Waals surface area contributed by atoms with Gasteiger partial charge in [-0.25, -0.2) is 18.2 Å². The van der Waals surface area contributed by atoms with Crippen LogP contribution >= 0.6 is 11.3 Å². The topological polar surface area (TPSA) is 126 Å². The molecule has 0 fully saturated rings. The van der Waals surface area contributed by atoms with E-state index in [1.165, 1.54) is 28.6 Å². The van der Waals surface area contributed by atoms with E-state index in [2.05, 4.69) is 10.3 Å². The number of nitrogens with one attached hydrogen (secondary N) is 1. The summed E-state index contributed by atoms with van der Waals surface area (Å²) in [5.74, 6) is 0.0482. The van der Waals surface area contributed by atoms with Crippen LogP contribution in [-0.4, -0.2) is 66.0 Å². The number of aliphatic hydroxyl groups is 1. The monoisotopic (exact) mass is 589 g/mol. The molecule has 1 amide bonds. The molecule has 4 atom stereocenters. The van der Waals surface area contributed by atoms with Crippen LogP contribution in [0.2, 0.25) is 0 Å². The average molecular weight is 590 g/mol. The van der Waals surface area contributed by atoms with Crippen LogP contribution in [0, 0.1) is 5.92 Å². The van der Waals surface area contributed by atoms with Crippen molar-refractivity contribution in [2.45, 2.75) is 76.5 Å². The van der Waals surface area contributed by atoms with Crippen molar-refractivity contribution in [1.29, 1.82) is 0 Å². The highest BCUT2D eigenvalue weighted by Gasteiger charge is 2.32. The summed E-state index contributed by atoms with van der Waals surface area (Å²) in [5, 5.41) is 14.1. The first-order valence-electron chi connectivity index (χ1n) is 13.5. The van der Waals surface area contributed by atoms with E-state index in [1.807, 2.05) is 44.2 Å². The number of ketones is 1.